The highest BCUT2D eigenvalue weighted by Crippen LogP contribution is 2.30. The smallest absolute Gasteiger partial charge is 0.0589 e. The summed E-state index contributed by atoms with van der Waals surface area (Å²) < 4.78 is 5.14. The molecule has 1 fully saturated rings. The van der Waals surface area contributed by atoms with Gasteiger partial charge in [0.05, 0.1) is 12.6 Å². The van der Waals surface area contributed by atoms with Crippen molar-refractivity contribution in [2.24, 2.45) is 5.73 Å². The third-order valence-electron chi connectivity index (χ3n) is 3.41. The highest BCUT2D eigenvalue weighted by atomic mass is 16.5. The number of likely N-dealkylation sites (tertiary alicyclic amines) is 1. The lowest BCUT2D eigenvalue weighted by atomic mass is 10.0. The standard InChI is InChI=1S/C13H21N3O/c1-10-3-4-11(9-15-10)13-12(14)5-6-16(13)7-8-17-2/h3-4,9,12-13H,5-8,14H2,1-2H3. The second-order valence-corrected chi connectivity index (χ2v) is 4.66. The molecule has 2 unspecified atom stereocenters. The fraction of sp³-hybridized carbons (Fsp3) is 0.615. The molecule has 0 saturated carbocycles. The van der Waals surface area contributed by atoms with Gasteiger partial charge in [-0.05, 0) is 25.0 Å². The molecule has 1 aliphatic heterocycles. The van der Waals surface area contributed by atoms with Gasteiger partial charge in [-0.2, -0.15) is 0 Å². The molecule has 0 spiro atoms. The molecule has 0 radical (unpaired) electrons. The van der Waals surface area contributed by atoms with Crippen LogP contribution < -0.4 is 5.73 Å². The maximum Gasteiger partial charge on any atom is 0.0589 e. The molecule has 94 valence electrons. The van der Waals surface area contributed by atoms with Crippen LogP contribution in [0.15, 0.2) is 18.3 Å². The Morgan fingerprint density at radius 2 is 2.35 bits per heavy atom. The quantitative estimate of drug-likeness (QED) is 0.849. The van der Waals surface area contributed by atoms with Crippen LogP contribution in [0.2, 0.25) is 0 Å². The molecule has 1 saturated heterocycles. The fourth-order valence-corrected chi connectivity index (χ4v) is 2.45. The molecule has 0 aromatic carbocycles. The van der Waals surface area contributed by atoms with Gasteiger partial charge in [0.25, 0.3) is 0 Å². The lowest BCUT2D eigenvalue weighted by Crippen LogP contribution is -2.33. The van der Waals surface area contributed by atoms with Gasteiger partial charge < -0.3 is 10.5 Å². The van der Waals surface area contributed by atoms with E-state index in [9.17, 15) is 0 Å². The molecule has 0 bridgehead atoms. The number of hydrogen-bond acceptors (Lipinski definition) is 4. The summed E-state index contributed by atoms with van der Waals surface area (Å²) in [7, 11) is 1.73. The molecule has 0 aliphatic carbocycles. The lowest BCUT2D eigenvalue weighted by Gasteiger charge is -2.26. The summed E-state index contributed by atoms with van der Waals surface area (Å²) in [6.45, 7) is 4.73. The zero-order valence-corrected chi connectivity index (χ0v) is 10.6. The predicted molar refractivity (Wildman–Crippen MR) is 67.8 cm³/mol. The molecular formula is C13H21N3O. The van der Waals surface area contributed by atoms with Gasteiger partial charge >= 0.3 is 0 Å². The van der Waals surface area contributed by atoms with E-state index in [1.54, 1.807) is 7.11 Å². The fourth-order valence-electron chi connectivity index (χ4n) is 2.45. The van der Waals surface area contributed by atoms with Crippen LogP contribution >= 0.6 is 0 Å². The molecular weight excluding hydrogens is 214 g/mol. The van der Waals surface area contributed by atoms with E-state index in [1.165, 1.54) is 5.56 Å². The normalized spacial score (nSPS) is 25.4. The summed E-state index contributed by atoms with van der Waals surface area (Å²) in [5, 5.41) is 0. The minimum Gasteiger partial charge on any atom is -0.383 e. The van der Waals surface area contributed by atoms with Crippen LogP contribution in [-0.4, -0.2) is 42.7 Å². The maximum atomic E-state index is 6.20. The van der Waals surface area contributed by atoms with Gasteiger partial charge in [0.2, 0.25) is 0 Å². The van der Waals surface area contributed by atoms with Crippen molar-refractivity contribution in [3.05, 3.63) is 29.6 Å². The van der Waals surface area contributed by atoms with Crippen molar-refractivity contribution in [1.82, 2.24) is 9.88 Å². The van der Waals surface area contributed by atoms with Crippen molar-refractivity contribution in [1.29, 1.82) is 0 Å². The summed E-state index contributed by atoms with van der Waals surface area (Å²) >= 11 is 0. The largest absolute Gasteiger partial charge is 0.383 e. The van der Waals surface area contributed by atoms with Gasteiger partial charge in [0.1, 0.15) is 0 Å². The molecule has 2 heterocycles. The van der Waals surface area contributed by atoms with E-state index in [1.807, 2.05) is 13.1 Å². The van der Waals surface area contributed by atoms with Crippen LogP contribution in [0.25, 0.3) is 0 Å². The predicted octanol–water partition coefficient (Wildman–Crippen LogP) is 1.11. The van der Waals surface area contributed by atoms with Gasteiger partial charge in [-0.15, -0.1) is 0 Å². The van der Waals surface area contributed by atoms with Crippen LogP contribution in [0.4, 0.5) is 0 Å². The Balaban J connectivity index is 2.12. The summed E-state index contributed by atoms with van der Waals surface area (Å²) in [6, 6.07) is 4.68. The number of nitrogens with zero attached hydrogens (tertiary/aromatic N) is 2. The van der Waals surface area contributed by atoms with Crippen molar-refractivity contribution in [2.75, 3.05) is 26.8 Å². The molecule has 2 atom stereocenters. The molecule has 1 aromatic rings. The molecule has 2 rings (SSSR count). The van der Waals surface area contributed by atoms with Gasteiger partial charge in [0.15, 0.2) is 0 Å². The van der Waals surface area contributed by atoms with E-state index in [4.69, 9.17) is 10.5 Å². The number of ether oxygens (including phenoxy) is 1. The molecule has 4 heteroatoms. The summed E-state index contributed by atoms with van der Waals surface area (Å²) in [5.41, 5.74) is 8.47. The number of nitrogens with two attached hydrogens (primary N) is 1. The first-order chi connectivity index (χ1) is 8.22. The molecule has 17 heavy (non-hydrogen) atoms. The molecule has 1 aliphatic rings. The van der Waals surface area contributed by atoms with E-state index >= 15 is 0 Å². The molecule has 2 N–H and O–H groups in total. The first-order valence-electron chi connectivity index (χ1n) is 6.13. The van der Waals surface area contributed by atoms with E-state index in [0.717, 1.165) is 31.8 Å². The van der Waals surface area contributed by atoms with Crippen molar-refractivity contribution in [3.63, 3.8) is 0 Å². The second kappa shape index (κ2) is 5.58. The van der Waals surface area contributed by atoms with E-state index in [-0.39, 0.29) is 6.04 Å². The third kappa shape index (κ3) is 2.83. The highest BCUT2D eigenvalue weighted by molar-refractivity contribution is 5.20. The van der Waals surface area contributed by atoms with Gasteiger partial charge in [-0.25, -0.2) is 0 Å². The number of aryl methyl sites for hydroxylation is 1. The van der Waals surface area contributed by atoms with Crippen molar-refractivity contribution in [2.45, 2.75) is 25.4 Å². The van der Waals surface area contributed by atoms with Crippen molar-refractivity contribution >= 4 is 0 Å². The molecule has 0 amide bonds. The van der Waals surface area contributed by atoms with Crippen LogP contribution in [0.3, 0.4) is 0 Å². The Morgan fingerprint density at radius 1 is 1.53 bits per heavy atom. The van der Waals surface area contributed by atoms with Crippen LogP contribution in [-0.2, 0) is 4.74 Å². The van der Waals surface area contributed by atoms with E-state index in [2.05, 4.69) is 22.0 Å². The molecule has 4 nitrogen and oxygen atoms in total. The van der Waals surface area contributed by atoms with E-state index in [0.29, 0.717) is 6.04 Å². The average Bonchev–Trinajstić information content (AvgIpc) is 2.69. The Hall–Kier alpha value is -0.970. The van der Waals surface area contributed by atoms with Crippen LogP contribution in [0, 0.1) is 6.92 Å². The minimum absolute atomic E-state index is 0.205. The van der Waals surface area contributed by atoms with E-state index < -0.39 is 0 Å². The highest BCUT2D eigenvalue weighted by Gasteiger charge is 2.32. The van der Waals surface area contributed by atoms with Crippen molar-refractivity contribution in [3.8, 4) is 0 Å². The second-order valence-electron chi connectivity index (χ2n) is 4.66. The topological polar surface area (TPSA) is 51.4 Å². The van der Waals surface area contributed by atoms with Gasteiger partial charge in [0, 0.05) is 38.1 Å². The molecule has 1 aromatic heterocycles. The number of pyridine rings is 1. The zero-order valence-electron chi connectivity index (χ0n) is 10.6. The van der Waals surface area contributed by atoms with Crippen molar-refractivity contribution < 1.29 is 4.74 Å². The van der Waals surface area contributed by atoms with Crippen LogP contribution in [0.1, 0.15) is 23.7 Å². The SMILES string of the molecule is COCCN1CCC(N)C1c1ccc(C)nc1. The van der Waals surface area contributed by atoms with Gasteiger partial charge in [-0.1, -0.05) is 6.07 Å². The Bertz CT molecular complexity index is 352. The number of hydrogen-bond donors (Lipinski definition) is 1. The Kier molecular flexibility index (Phi) is 4.10. The first-order valence-corrected chi connectivity index (χ1v) is 6.13. The number of methoxy groups -OCH3 is 1. The average molecular weight is 235 g/mol. The Morgan fingerprint density at radius 3 is 3.00 bits per heavy atom. The van der Waals surface area contributed by atoms with Gasteiger partial charge in [-0.3, -0.25) is 9.88 Å². The number of aromatic nitrogens is 1. The Labute approximate surface area is 103 Å². The summed E-state index contributed by atoms with van der Waals surface area (Å²) in [5.74, 6) is 0. The first kappa shape index (κ1) is 12.5. The summed E-state index contributed by atoms with van der Waals surface area (Å²) in [4.78, 5) is 6.75. The lowest BCUT2D eigenvalue weighted by molar-refractivity contribution is 0.139. The monoisotopic (exact) mass is 235 g/mol. The van der Waals surface area contributed by atoms with Crippen LogP contribution in [0.5, 0.6) is 0 Å². The minimum atomic E-state index is 0.205. The summed E-state index contributed by atoms with van der Waals surface area (Å²) in [6.07, 6.45) is 2.99. The number of rotatable bonds is 4. The zero-order chi connectivity index (χ0) is 12.3. The third-order valence-corrected chi connectivity index (χ3v) is 3.41. The maximum absolute atomic E-state index is 6.20.